The van der Waals surface area contributed by atoms with Crippen LogP contribution in [0.2, 0.25) is 0 Å². The molecule has 0 unspecified atom stereocenters. The van der Waals surface area contributed by atoms with Crippen LogP contribution in [0.4, 0.5) is 5.82 Å². The third-order valence-corrected chi connectivity index (χ3v) is 2.73. The molecule has 7 heteroatoms. The van der Waals surface area contributed by atoms with Crippen molar-refractivity contribution in [2.75, 3.05) is 18.9 Å². The molecular weight excluding hydrogens is 246 g/mol. The Hall–Kier alpha value is -2.18. The highest BCUT2D eigenvalue weighted by Crippen LogP contribution is 2.18. The molecule has 3 N–H and O–H groups in total. The lowest BCUT2D eigenvalue weighted by Crippen LogP contribution is -2.32. The summed E-state index contributed by atoms with van der Waals surface area (Å²) in [5, 5.41) is 15.9. The van der Waals surface area contributed by atoms with Crippen LogP contribution in [0.3, 0.4) is 0 Å². The van der Waals surface area contributed by atoms with Crippen LogP contribution in [0.25, 0.3) is 0 Å². The number of rotatable bonds is 6. The molecule has 0 aromatic carbocycles. The van der Waals surface area contributed by atoms with Gasteiger partial charge in [-0.05, 0) is 25.0 Å². The maximum absolute atomic E-state index is 11.7. The van der Waals surface area contributed by atoms with Gasteiger partial charge in [0.1, 0.15) is 5.82 Å². The Balaban J connectivity index is 1.71. The second-order valence-electron chi connectivity index (χ2n) is 4.40. The first-order chi connectivity index (χ1) is 9.19. The van der Waals surface area contributed by atoms with E-state index in [0.29, 0.717) is 18.4 Å². The van der Waals surface area contributed by atoms with Crippen molar-refractivity contribution in [2.45, 2.75) is 25.3 Å². The molecule has 2 rings (SSSR count). The van der Waals surface area contributed by atoms with Crippen LogP contribution in [0.5, 0.6) is 0 Å². The Kier molecular flexibility index (Phi) is 4.27. The highest BCUT2D eigenvalue weighted by molar-refractivity contribution is 5.92. The average molecular weight is 263 g/mol. The van der Waals surface area contributed by atoms with Gasteiger partial charge in [-0.3, -0.25) is 9.59 Å². The maximum atomic E-state index is 11.7. The Bertz CT molecular complexity index is 456. The van der Waals surface area contributed by atoms with Crippen LogP contribution >= 0.6 is 0 Å². The third kappa shape index (κ3) is 4.20. The molecule has 0 atom stereocenters. The Morgan fingerprint density at radius 3 is 2.68 bits per heavy atom. The summed E-state index contributed by atoms with van der Waals surface area (Å²) in [4.78, 5) is 23.1. The van der Waals surface area contributed by atoms with Crippen molar-refractivity contribution in [3.8, 4) is 0 Å². The second-order valence-corrected chi connectivity index (χ2v) is 4.40. The molecule has 2 amide bonds. The van der Waals surface area contributed by atoms with Crippen molar-refractivity contribution < 1.29 is 9.59 Å². The fourth-order valence-corrected chi connectivity index (χ4v) is 1.49. The van der Waals surface area contributed by atoms with Gasteiger partial charge in [-0.25, -0.2) is 0 Å². The van der Waals surface area contributed by atoms with Gasteiger partial charge in [0, 0.05) is 26.1 Å². The Morgan fingerprint density at radius 1 is 1.32 bits per heavy atom. The summed E-state index contributed by atoms with van der Waals surface area (Å²) in [6.07, 6.45) is 2.40. The van der Waals surface area contributed by atoms with E-state index in [1.165, 1.54) is 0 Å². The van der Waals surface area contributed by atoms with Crippen LogP contribution < -0.4 is 16.0 Å². The van der Waals surface area contributed by atoms with Gasteiger partial charge in [-0.1, -0.05) is 0 Å². The SMILES string of the molecule is CNc1ccc(C(=O)NCCC(=O)NC2CC2)nn1. The first-order valence-electron chi connectivity index (χ1n) is 6.28. The normalized spacial score (nSPS) is 13.7. The summed E-state index contributed by atoms with van der Waals surface area (Å²) < 4.78 is 0. The molecular formula is C12H17N5O2. The van der Waals surface area contributed by atoms with Crippen molar-refractivity contribution in [1.29, 1.82) is 0 Å². The van der Waals surface area contributed by atoms with Crippen molar-refractivity contribution in [2.24, 2.45) is 0 Å². The minimum Gasteiger partial charge on any atom is -0.372 e. The fourth-order valence-electron chi connectivity index (χ4n) is 1.49. The highest BCUT2D eigenvalue weighted by Gasteiger charge is 2.22. The average Bonchev–Trinajstić information content (AvgIpc) is 3.22. The zero-order valence-corrected chi connectivity index (χ0v) is 10.8. The van der Waals surface area contributed by atoms with Gasteiger partial charge >= 0.3 is 0 Å². The van der Waals surface area contributed by atoms with Crippen LogP contribution in [-0.2, 0) is 4.79 Å². The lowest BCUT2D eigenvalue weighted by Gasteiger charge is -2.05. The minimum absolute atomic E-state index is 0.0283. The predicted molar refractivity (Wildman–Crippen MR) is 69.7 cm³/mol. The summed E-state index contributed by atoms with van der Waals surface area (Å²) >= 11 is 0. The van der Waals surface area contributed by atoms with E-state index in [2.05, 4.69) is 26.1 Å². The third-order valence-electron chi connectivity index (χ3n) is 2.73. The molecule has 1 aromatic rings. The molecule has 1 aliphatic carbocycles. The predicted octanol–water partition coefficient (Wildman–Crippen LogP) is -0.0832. The van der Waals surface area contributed by atoms with E-state index in [4.69, 9.17) is 0 Å². The van der Waals surface area contributed by atoms with Gasteiger partial charge in [0.15, 0.2) is 5.69 Å². The number of carbonyl (C=O) groups excluding carboxylic acids is 2. The Morgan fingerprint density at radius 2 is 2.11 bits per heavy atom. The Labute approximate surface area is 111 Å². The van der Waals surface area contributed by atoms with Crippen molar-refractivity contribution in [3.63, 3.8) is 0 Å². The molecule has 1 saturated carbocycles. The van der Waals surface area contributed by atoms with Gasteiger partial charge in [-0.15, -0.1) is 10.2 Å². The standard InChI is InChI=1S/C12H17N5O2/c1-13-10-5-4-9(16-17-10)12(19)14-7-6-11(18)15-8-2-3-8/h4-5,8H,2-3,6-7H2,1H3,(H,13,17)(H,14,19)(H,15,18). The first kappa shape index (κ1) is 13.3. The summed E-state index contributed by atoms with van der Waals surface area (Å²) in [6, 6.07) is 3.60. The highest BCUT2D eigenvalue weighted by atomic mass is 16.2. The van der Waals surface area contributed by atoms with Crippen LogP contribution in [0, 0.1) is 0 Å². The summed E-state index contributed by atoms with van der Waals surface area (Å²) in [5.41, 5.74) is 0.238. The maximum Gasteiger partial charge on any atom is 0.271 e. The molecule has 0 spiro atoms. The fraction of sp³-hybridized carbons (Fsp3) is 0.500. The van der Waals surface area contributed by atoms with E-state index >= 15 is 0 Å². The number of nitrogens with one attached hydrogen (secondary N) is 3. The zero-order valence-electron chi connectivity index (χ0n) is 10.8. The molecule has 0 bridgehead atoms. The molecule has 7 nitrogen and oxygen atoms in total. The molecule has 0 aliphatic heterocycles. The molecule has 1 aliphatic rings. The van der Waals surface area contributed by atoms with Crippen LogP contribution in [0.1, 0.15) is 29.8 Å². The van der Waals surface area contributed by atoms with Crippen LogP contribution in [-0.4, -0.2) is 41.6 Å². The number of nitrogens with zero attached hydrogens (tertiary/aromatic N) is 2. The molecule has 102 valence electrons. The molecule has 1 heterocycles. The second kappa shape index (κ2) is 6.12. The van der Waals surface area contributed by atoms with Gasteiger partial charge in [0.25, 0.3) is 5.91 Å². The van der Waals surface area contributed by atoms with E-state index in [1.54, 1.807) is 19.2 Å². The van der Waals surface area contributed by atoms with Gasteiger partial charge in [0.2, 0.25) is 5.91 Å². The summed E-state index contributed by atoms with van der Waals surface area (Å²) in [7, 11) is 1.72. The minimum atomic E-state index is -0.325. The number of aromatic nitrogens is 2. The quantitative estimate of drug-likeness (QED) is 0.667. The van der Waals surface area contributed by atoms with Gasteiger partial charge < -0.3 is 16.0 Å². The van der Waals surface area contributed by atoms with E-state index in [0.717, 1.165) is 12.8 Å². The number of amides is 2. The smallest absolute Gasteiger partial charge is 0.271 e. The molecule has 0 radical (unpaired) electrons. The van der Waals surface area contributed by atoms with Gasteiger partial charge in [0.05, 0.1) is 0 Å². The number of carbonyl (C=O) groups is 2. The van der Waals surface area contributed by atoms with Gasteiger partial charge in [-0.2, -0.15) is 0 Å². The lowest BCUT2D eigenvalue weighted by molar-refractivity contribution is -0.121. The number of anilines is 1. The molecule has 19 heavy (non-hydrogen) atoms. The molecule has 1 fully saturated rings. The topological polar surface area (TPSA) is 96.0 Å². The van der Waals surface area contributed by atoms with Crippen LogP contribution in [0.15, 0.2) is 12.1 Å². The lowest BCUT2D eigenvalue weighted by atomic mass is 10.3. The van der Waals surface area contributed by atoms with Crippen molar-refractivity contribution in [3.05, 3.63) is 17.8 Å². The van der Waals surface area contributed by atoms with Crippen molar-refractivity contribution in [1.82, 2.24) is 20.8 Å². The van der Waals surface area contributed by atoms with E-state index < -0.39 is 0 Å². The molecule has 0 saturated heterocycles. The monoisotopic (exact) mass is 263 g/mol. The van der Waals surface area contributed by atoms with E-state index in [-0.39, 0.29) is 23.9 Å². The largest absolute Gasteiger partial charge is 0.372 e. The van der Waals surface area contributed by atoms with E-state index in [9.17, 15) is 9.59 Å². The van der Waals surface area contributed by atoms with Crippen molar-refractivity contribution >= 4 is 17.6 Å². The number of hydrogen-bond donors (Lipinski definition) is 3. The summed E-state index contributed by atoms with van der Waals surface area (Å²) in [6.45, 7) is 0.298. The first-order valence-corrected chi connectivity index (χ1v) is 6.28. The molecule has 1 aromatic heterocycles. The van der Waals surface area contributed by atoms with E-state index in [1.807, 2.05) is 0 Å². The zero-order chi connectivity index (χ0) is 13.7. The summed E-state index contributed by atoms with van der Waals surface area (Å²) in [5.74, 6) is 0.245. The number of hydrogen-bond acceptors (Lipinski definition) is 5.